The molecule has 0 aromatic carbocycles. The third-order valence-electron chi connectivity index (χ3n) is 4.27. The molecule has 1 saturated heterocycles. The Balaban J connectivity index is 1.81. The summed E-state index contributed by atoms with van der Waals surface area (Å²) in [6, 6.07) is 7.32. The molecule has 23 heavy (non-hydrogen) atoms. The van der Waals surface area contributed by atoms with Crippen molar-refractivity contribution in [2.75, 3.05) is 20.1 Å². The quantitative estimate of drug-likeness (QED) is 0.807. The molecule has 3 rings (SSSR count). The number of rotatable bonds is 4. The molecule has 2 aromatic rings. The number of amides is 1. The van der Waals surface area contributed by atoms with E-state index in [4.69, 9.17) is 16.0 Å². The molecule has 3 heterocycles. The van der Waals surface area contributed by atoms with E-state index in [-0.39, 0.29) is 11.9 Å². The molecule has 1 aliphatic rings. The first-order valence-corrected chi connectivity index (χ1v) is 8.15. The number of hydrogen-bond donors (Lipinski definition) is 0. The van der Waals surface area contributed by atoms with Crippen molar-refractivity contribution in [2.45, 2.75) is 25.4 Å². The van der Waals surface area contributed by atoms with Crippen LogP contribution in [0.4, 0.5) is 0 Å². The highest BCUT2D eigenvalue weighted by Crippen LogP contribution is 2.21. The smallest absolute Gasteiger partial charge is 0.256 e. The Morgan fingerprint density at radius 1 is 1.39 bits per heavy atom. The van der Waals surface area contributed by atoms with Gasteiger partial charge in [0.25, 0.3) is 5.91 Å². The summed E-state index contributed by atoms with van der Waals surface area (Å²) >= 11 is 5.82. The summed E-state index contributed by atoms with van der Waals surface area (Å²) in [5.41, 5.74) is 0.555. The molecule has 0 bridgehead atoms. The summed E-state index contributed by atoms with van der Waals surface area (Å²) in [5, 5.41) is 0.387. The average Bonchev–Trinajstić information content (AvgIpc) is 3.07. The molecule has 1 amide bonds. The SMILES string of the molecule is CN1CCC(N(Cc2ccco2)C(=O)c2ccc(Cl)nc2)CC1. The van der Waals surface area contributed by atoms with E-state index in [1.807, 2.05) is 17.0 Å². The van der Waals surface area contributed by atoms with Gasteiger partial charge in [0.1, 0.15) is 10.9 Å². The minimum absolute atomic E-state index is 0.0277. The van der Waals surface area contributed by atoms with Gasteiger partial charge in [-0.25, -0.2) is 4.98 Å². The second kappa shape index (κ2) is 7.15. The lowest BCUT2D eigenvalue weighted by molar-refractivity contribution is 0.0550. The van der Waals surface area contributed by atoms with Crippen molar-refractivity contribution < 1.29 is 9.21 Å². The van der Waals surface area contributed by atoms with Crippen LogP contribution in [0.5, 0.6) is 0 Å². The monoisotopic (exact) mass is 333 g/mol. The van der Waals surface area contributed by atoms with Crippen LogP contribution in [0.3, 0.4) is 0 Å². The van der Waals surface area contributed by atoms with Crippen molar-refractivity contribution in [1.29, 1.82) is 0 Å². The van der Waals surface area contributed by atoms with Gasteiger partial charge in [0.15, 0.2) is 0 Å². The van der Waals surface area contributed by atoms with Gasteiger partial charge >= 0.3 is 0 Å². The first-order valence-electron chi connectivity index (χ1n) is 7.77. The van der Waals surface area contributed by atoms with E-state index in [0.29, 0.717) is 17.3 Å². The Labute approximate surface area is 140 Å². The van der Waals surface area contributed by atoms with Crippen LogP contribution in [0.25, 0.3) is 0 Å². The van der Waals surface area contributed by atoms with Gasteiger partial charge in [-0.3, -0.25) is 4.79 Å². The third-order valence-corrected chi connectivity index (χ3v) is 4.49. The highest BCUT2D eigenvalue weighted by Gasteiger charge is 2.28. The third kappa shape index (κ3) is 3.92. The van der Waals surface area contributed by atoms with Crippen molar-refractivity contribution in [3.8, 4) is 0 Å². The van der Waals surface area contributed by atoms with Crippen LogP contribution in [0.15, 0.2) is 41.1 Å². The van der Waals surface area contributed by atoms with Crippen LogP contribution in [0.2, 0.25) is 5.15 Å². The Kier molecular flexibility index (Phi) is 4.98. The Hall–Kier alpha value is -1.85. The van der Waals surface area contributed by atoms with Crippen molar-refractivity contribution >= 4 is 17.5 Å². The summed E-state index contributed by atoms with van der Waals surface area (Å²) in [6.45, 7) is 2.46. The molecule has 0 atom stereocenters. The predicted octanol–water partition coefficient (Wildman–Crippen LogP) is 3.06. The highest BCUT2D eigenvalue weighted by atomic mass is 35.5. The lowest BCUT2D eigenvalue weighted by Gasteiger charge is -2.37. The van der Waals surface area contributed by atoms with Gasteiger partial charge in [0.05, 0.1) is 18.4 Å². The minimum atomic E-state index is -0.0277. The number of likely N-dealkylation sites (tertiary alicyclic amines) is 1. The van der Waals surface area contributed by atoms with Crippen molar-refractivity contribution in [3.63, 3.8) is 0 Å². The molecule has 0 N–H and O–H groups in total. The zero-order valence-corrected chi connectivity index (χ0v) is 13.9. The number of hydrogen-bond acceptors (Lipinski definition) is 4. The van der Waals surface area contributed by atoms with Gasteiger partial charge in [0, 0.05) is 12.2 Å². The van der Waals surface area contributed by atoms with Crippen LogP contribution >= 0.6 is 11.6 Å². The second-order valence-electron chi connectivity index (χ2n) is 5.92. The lowest BCUT2D eigenvalue weighted by atomic mass is 10.0. The number of furan rings is 1. The van der Waals surface area contributed by atoms with E-state index >= 15 is 0 Å². The summed E-state index contributed by atoms with van der Waals surface area (Å²) in [6.07, 6.45) is 5.10. The van der Waals surface area contributed by atoms with Gasteiger partial charge in [-0.15, -0.1) is 0 Å². The number of carbonyl (C=O) groups excluding carboxylic acids is 1. The molecule has 5 nitrogen and oxygen atoms in total. The molecular weight excluding hydrogens is 314 g/mol. The van der Waals surface area contributed by atoms with E-state index in [1.54, 1.807) is 18.4 Å². The Morgan fingerprint density at radius 3 is 2.78 bits per heavy atom. The number of nitrogens with zero attached hydrogens (tertiary/aromatic N) is 3. The summed E-state index contributed by atoms with van der Waals surface area (Å²) in [7, 11) is 2.11. The zero-order valence-electron chi connectivity index (χ0n) is 13.1. The average molecular weight is 334 g/mol. The van der Waals surface area contributed by atoms with Crippen molar-refractivity contribution in [1.82, 2.24) is 14.8 Å². The van der Waals surface area contributed by atoms with Crippen molar-refractivity contribution in [2.24, 2.45) is 0 Å². The van der Waals surface area contributed by atoms with Crippen molar-refractivity contribution in [3.05, 3.63) is 53.2 Å². The van der Waals surface area contributed by atoms with Gasteiger partial charge in [0.2, 0.25) is 0 Å². The molecule has 2 aromatic heterocycles. The molecule has 0 saturated carbocycles. The maximum atomic E-state index is 13.0. The predicted molar refractivity (Wildman–Crippen MR) is 88.3 cm³/mol. The topological polar surface area (TPSA) is 49.6 Å². The van der Waals surface area contributed by atoms with Gasteiger partial charge in [-0.2, -0.15) is 0 Å². The molecule has 1 aliphatic heterocycles. The molecule has 6 heteroatoms. The summed E-state index contributed by atoms with van der Waals surface area (Å²) < 4.78 is 5.44. The Morgan fingerprint density at radius 2 is 2.17 bits per heavy atom. The number of piperidine rings is 1. The molecule has 1 fully saturated rings. The van der Waals surface area contributed by atoms with Crippen LogP contribution in [0, 0.1) is 0 Å². The lowest BCUT2D eigenvalue weighted by Crippen LogP contribution is -2.46. The number of halogens is 1. The van der Waals surface area contributed by atoms with Crippen LogP contribution in [-0.2, 0) is 6.54 Å². The summed E-state index contributed by atoms with van der Waals surface area (Å²) in [4.78, 5) is 21.2. The Bertz CT molecular complexity index is 634. The van der Waals surface area contributed by atoms with Crippen LogP contribution in [0.1, 0.15) is 29.0 Å². The van der Waals surface area contributed by atoms with E-state index in [0.717, 1.165) is 31.7 Å². The molecule has 0 aliphatic carbocycles. The fourth-order valence-electron chi connectivity index (χ4n) is 2.91. The van der Waals surface area contributed by atoms with E-state index in [2.05, 4.69) is 16.9 Å². The molecule has 0 radical (unpaired) electrons. The maximum Gasteiger partial charge on any atom is 0.256 e. The van der Waals surface area contributed by atoms with E-state index in [9.17, 15) is 4.79 Å². The summed E-state index contributed by atoms with van der Waals surface area (Å²) in [5.74, 6) is 0.763. The van der Waals surface area contributed by atoms with Gasteiger partial charge in [-0.1, -0.05) is 11.6 Å². The highest BCUT2D eigenvalue weighted by molar-refractivity contribution is 6.29. The van der Waals surface area contributed by atoms with E-state index in [1.165, 1.54) is 6.20 Å². The minimum Gasteiger partial charge on any atom is -0.467 e. The number of carbonyl (C=O) groups is 1. The van der Waals surface area contributed by atoms with Crippen LogP contribution in [-0.4, -0.2) is 46.9 Å². The first-order chi connectivity index (χ1) is 11.1. The molecular formula is C17H20ClN3O2. The second-order valence-corrected chi connectivity index (χ2v) is 6.30. The standard InChI is InChI=1S/C17H20ClN3O2/c1-20-8-6-14(7-9-20)21(12-15-3-2-10-23-15)17(22)13-4-5-16(18)19-11-13/h2-5,10-11,14H,6-9,12H2,1H3. The maximum absolute atomic E-state index is 13.0. The fourth-order valence-corrected chi connectivity index (χ4v) is 3.02. The van der Waals surface area contributed by atoms with Crippen LogP contribution < -0.4 is 0 Å². The molecule has 0 unspecified atom stereocenters. The first kappa shape index (κ1) is 16.0. The van der Waals surface area contributed by atoms with Gasteiger partial charge in [-0.05, 0) is 57.2 Å². The fraction of sp³-hybridized carbons (Fsp3) is 0.412. The van der Waals surface area contributed by atoms with E-state index < -0.39 is 0 Å². The number of aromatic nitrogens is 1. The molecule has 122 valence electrons. The normalized spacial score (nSPS) is 16.4. The zero-order chi connectivity index (χ0) is 16.2. The largest absolute Gasteiger partial charge is 0.467 e. The number of pyridine rings is 1. The van der Waals surface area contributed by atoms with Gasteiger partial charge < -0.3 is 14.2 Å². The molecule has 0 spiro atoms.